The molecule has 0 spiro atoms. The summed E-state index contributed by atoms with van der Waals surface area (Å²) >= 11 is 3.27. The van der Waals surface area contributed by atoms with Crippen LogP contribution in [0.2, 0.25) is 0 Å². The van der Waals surface area contributed by atoms with E-state index < -0.39 is 5.82 Å². The quantitative estimate of drug-likeness (QED) is 0.717. The van der Waals surface area contributed by atoms with E-state index in [1.54, 1.807) is 6.92 Å². The fourth-order valence-corrected chi connectivity index (χ4v) is 1.41. The highest BCUT2D eigenvalue weighted by atomic mass is 79.9. The van der Waals surface area contributed by atoms with Gasteiger partial charge in [-0.05, 0) is 37.1 Å². The lowest BCUT2D eigenvalue weighted by molar-refractivity contribution is 0.597. The smallest absolute Gasteiger partial charge is 0.130 e. The molecule has 0 amide bonds. The van der Waals surface area contributed by atoms with Crippen LogP contribution >= 0.6 is 15.9 Å². The van der Waals surface area contributed by atoms with Crippen LogP contribution in [0.3, 0.4) is 0 Å². The first kappa shape index (κ1) is 11.4. The van der Waals surface area contributed by atoms with Crippen molar-refractivity contribution in [2.24, 2.45) is 0 Å². The van der Waals surface area contributed by atoms with Gasteiger partial charge in [0.05, 0.1) is 0 Å². The van der Waals surface area contributed by atoms with Gasteiger partial charge in [-0.15, -0.1) is 0 Å². The van der Waals surface area contributed by atoms with Gasteiger partial charge in [0.15, 0.2) is 0 Å². The van der Waals surface area contributed by atoms with Crippen LogP contribution in [0.5, 0.6) is 0 Å². The monoisotopic (exact) mass is 260 g/mol. The van der Waals surface area contributed by atoms with E-state index in [9.17, 15) is 8.78 Å². The predicted molar refractivity (Wildman–Crippen MR) is 58.4 cm³/mol. The molecule has 0 aromatic heterocycles. The number of hydrogen-bond acceptors (Lipinski definition) is 0. The number of benzene rings is 1. The minimum absolute atomic E-state index is 0.339. The molecular weight excluding hydrogens is 250 g/mol. The summed E-state index contributed by atoms with van der Waals surface area (Å²) in [5.74, 6) is -0.789. The Hall–Kier alpha value is -0.700. The molecular formula is C11H11BrF2. The van der Waals surface area contributed by atoms with Crippen LogP contribution in [0.15, 0.2) is 24.3 Å². The second-order valence-electron chi connectivity index (χ2n) is 2.99. The van der Waals surface area contributed by atoms with Gasteiger partial charge in [0.2, 0.25) is 0 Å². The van der Waals surface area contributed by atoms with Crippen LogP contribution < -0.4 is 0 Å². The maximum absolute atomic E-state index is 13.2. The molecule has 0 fully saturated rings. The van der Waals surface area contributed by atoms with Crippen LogP contribution in [0.1, 0.15) is 18.9 Å². The van der Waals surface area contributed by atoms with Gasteiger partial charge in [0.25, 0.3) is 0 Å². The molecule has 0 aliphatic rings. The van der Waals surface area contributed by atoms with Gasteiger partial charge in [-0.25, -0.2) is 8.78 Å². The average molecular weight is 261 g/mol. The van der Waals surface area contributed by atoms with Crippen molar-refractivity contribution in [2.75, 3.05) is 5.33 Å². The molecule has 0 saturated carbocycles. The minimum atomic E-state index is -0.409. The normalized spacial score (nSPS) is 11.9. The van der Waals surface area contributed by atoms with Gasteiger partial charge < -0.3 is 0 Å². The summed E-state index contributed by atoms with van der Waals surface area (Å²) in [6, 6.07) is 3.49. The van der Waals surface area contributed by atoms with Gasteiger partial charge >= 0.3 is 0 Å². The Morgan fingerprint density at radius 1 is 1.43 bits per heavy atom. The van der Waals surface area contributed by atoms with Crippen LogP contribution in [0.4, 0.5) is 8.78 Å². The number of alkyl halides is 1. The van der Waals surface area contributed by atoms with Crippen molar-refractivity contribution in [3.8, 4) is 0 Å². The van der Waals surface area contributed by atoms with Crippen molar-refractivity contribution in [1.82, 2.24) is 0 Å². The molecule has 3 heteroatoms. The van der Waals surface area contributed by atoms with Crippen molar-refractivity contribution in [3.05, 3.63) is 41.5 Å². The molecule has 0 bridgehead atoms. The molecule has 0 atom stereocenters. The fraction of sp³-hybridized carbons (Fsp3) is 0.273. The summed E-state index contributed by atoms with van der Waals surface area (Å²) in [6.45, 7) is 1.78. The van der Waals surface area contributed by atoms with Gasteiger partial charge in [0.1, 0.15) is 11.6 Å². The van der Waals surface area contributed by atoms with E-state index in [4.69, 9.17) is 0 Å². The van der Waals surface area contributed by atoms with Crippen LogP contribution in [0.25, 0.3) is 5.57 Å². The third-order valence-electron chi connectivity index (χ3n) is 1.91. The van der Waals surface area contributed by atoms with Gasteiger partial charge in [-0.2, -0.15) is 0 Å². The van der Waals surface area contributed by atoms with Crippen LogP contribution in [-0.4, -0.2) is 5.33 Å². The third kappa shape index (κ3) is 2.91. The molecule has 76 valence electrons. The summed E-state index contributed by atoms with van der Waals surface area (Å²) in [6.07, 6.45) is 2.69. The molecule has 1 aromatic rings. The molecule has 0 heterocycles. The standard InChI is InChI=1S/C11H11BrF2/c1-8(3-2-6-12)10-7-9(13)4-5-11(10)14/h3-5,7H,2,6H2,1H3. The number of halogens is 3. The van der Waals surface area contributed by atoms with E-state index in [0.29, 0.717) is 5.56 Å². The number of rotatable bonds is 3. The topological polar surface area (TPSA) is 0 Å². The molecule has 0 nitrogen and oxygen atoms in total. The highest BCUT2D eigenvalue weighted by Crippen LogP contribution is 2.19. The van der Waals surface area contributed by atoms with Crippen molar-refractivity contribution in [3.63, 3.8) is 0 Å². The van der Waals surface area contributed by atoms with E-state index >= 15 is 0 Å². The molecule has 0 radical (unpaired) electrons. The second kappa shape index (κ2) is 5.25. The summed E-state index contributed by atoms with van der Waals surface area (Å²) in [7, 11) is 0. The average Bonchev–Trinajstić information content (AvgIpc) is 2.18. The van der Waals surface area contributed by atoms with E-state index in [1.807, 2.05) is 6.08 Å². The molecule has 0 N–H and O–H groups in total. The van der Waals surface area contributed by atoms with Crippen molar-refractivity contribution in [2.45, 2.75) is 13.3 Å². The van der Waals surface area contributed by atoms with E-state index in [2.05, 4.69) is 15.9 Å². The summed E-state index contributed by atoms with van der Waals surface area (Å²) in [5, 5.41) is 0.821. The first-order valence-corrected chi connectivity index (χ1v) is 5.45. The van der Waals surface area contributed by atoms with Crippen LogP contribution in [-0.2, 0) is 0 Å². The van der Waals surface area contributed by atoms with Gasteiger partial charge in [-0.1, -0.05) is 22.0 Å². The van der Waals surface area contributed by atoms with E-state index in [0.717, 1.165) is 29.5 Å². The summed E-state index contributed by atoms with van der Waals surface area (Å²) < 4.78 is 26.1. The lowest BCUT2D eigenvalue weighted by atomic mass is 10.1. The molecule has 1 aromatic carbocycles. The number of allylic oxidation sites excluding steroid dienone is 2. The zero-order valence-corrected chi connectivity index (χ0v) is 9.44. The summed E-state index contributed by atoms with van der Waals surface area (Å²) in [4.78, 5) is 0. The predicted octanol–water partition coefficient (Wildman–Crippen LogP) is 4.15. The Kier molecular flexibility index (Phi) is 4.26. The first-order chi connectivity index (χ1) is 6.65. The second-order valence-corrected chi connectivity index (χ2v) is 3.78. The highest BCUT2D eigenvalue weighted by molar-refractivity contribution is 9.09. The molecule has 1 rings (SSSR count). The van der Waals surface area contributed by atoms with Crippen molar-refractivity contribution in [1.29, 1.82) is 0 Å². The molecule has 14 heavy (non-hydrogen) atoms. The Labute approximate surface area is 90.8 Å². The third-order valence-corrected chi connectivity index (χ3v) is 2.37. The van der Waals surface area contributed by atoms with Gasteiger partial charge in [0, 0.05) is 10.9 Å². The van der Waals surface area contributed by atoms with Crippen molar-refractivity contribution >= 4 is 21.5 Å². The molecule has 0 aliphatic heterocycles. The fourth-order valence-electron chi connectivity index (χ4n) is 1.18. The zero-order valence-electron chi connectivity index (χ0n) is 7.86. The largest absolute Gasteiger partial charge is 0.207 e. The Bertz CT molecular complexity index is 345. The summed E-state index contributed by atoms with van der Waals surface area (Å²) in [5.41, 5.74) is 1.10. The first-order valence-electron chi connectivity index (χ1n) is 4.33. The van der Waals surface area contributed by atoms with Crippen molar-refractivity contribution < 1.29 is 8.78 Å². The van der Waals surface area contributed by atoms with E-state index in [1.165, 1.54) is 6.07 Å². The molecule has 0 unspecified atom stereocenters. The Morgan fingerprint density at radius 3 is 2.79 bits per heavy atom. The maximum atomic E-state index is 13.2. The highest BCUT2D eigenvalue weighted by Gasteiger charge is 2.04. The van der Waals surface area contributed by atoms with Crippen LogP contribution in [0, 0.1) is 11.6 Å². The van der Waals surface area contributed by atoms with Gasteiger partial charge in [-0.3, -0.25) is 0 Å². The molecule has 0 saturated heterocycles. The van der Waals surface area contributed by atoms with E-state index in [-0.39, 0.29) is 5.82 Å². The zero-order chi connectivity index (χ0) is 10.6. The molecule has 0 aliphatic carbocycles. The Morgan fingerprint density at radius 2 is 2.14 bits per heavy atom. The lowest BCUT2D eigenvalue weighted by Crippen LogP contribution is -1.89. The Balaban J connectivity index is 2.99. The number of hydrogen-bond donors (Lipinski definition) is 0. The maximum Gasteiger partial charge on any atom is 0.130 e. The lowest BCUT2D eigenvalue weighted by Gasteiger charge is -2.03. The minimum Gasteiger partial charge on any atom is -0.207 e. The SMILES string of the molecule is CC(=CCCBr)c1cc(F)ccc1F.